The third kappa shape index (κ3) is 4.26. The molecule has 2 atom stereocenters. The van der Waals surface area contributed by atoms with Crippen LogP contribution in [0.25, 0.3) is 0 Å². The van der Waals surface area contributed by atoms with E-state index in [1.807, 2.05) is 44.2 Å². The summed E-state index contributed by atoms with van der Waals surface area (Å²) in [6.07, 6.45) is -0.270. The minimum atomic E-state index is -0.642. The molecule has 0 aliphatic carbocycles. The van der Waals surface area contributed by atoms with Crippen molar-refractivity contribution in [3.63, 3.8) is 0 Å². The van der Waals surface area contributed by atoms with E-state index in [4.69, 9.17) is 4.74 Å². The first kappa shape index (κ1) is 15.4. The number of likely N-dealkylation sites (N-methyl/N-ethyl adjacent to an activating group) is 1. The Balaban J connectivity index is 2.17. The van der Waals surface area contributed by atoms with E-state index in [9.17, 15) is 8.78 Å². The van der Waals surface area contributed by atoms with Gasteiger partial charge in [0.25, 0.3) is 0 Å². The Morgan fingerprint density at radius 3 is 2.24 bits per heavy atom. The highest BCUT2D eigenvalue weighted by Crippen LogP contribution is 2.23. The van der Waals surface area contributed by atoms with Gasteiger partial charge >= 0.3 is 0 Å². The van der Waals surface area contributed by atoms with Gasteiger partial charge in [0.15, 0.2) is 0 Å². The highest BCUT2D eigenvalue weighted by Gasteiger charge is 2.20. The maximum absolute atomic E-state index is 13.2. The zero-order valence-corrected chi connectivity index (χ0v) is 12.1. The Morgan fingerprint density at radius 2 is 1.67 bits per heavy atom. The largest absolute Gasteiger partial charge is 0.489 e. The van der Waals surface area contributed by atoms with Gasteiger partial charge in [0.1, 0.15) is 23.5 Å². The topological polar surface area (TPSA) is 21.3 Å². The van der Waals surface area contributed by atoms with Crippen LogP contribution in [-0.4, -0.2) is 12.6 Å². The summed E-state index contributed by atoms with van der Waals surface area (Å²) in [5.74, 6) is -1.09. The normalized spacial score (nSPS) is 13.7. The Bertz CT molecular complexity index is 554. The zero-order chi connectivity index (χ0) is 15.2. The summed E-state index contributed by atoms with van der Waals surface area (Å²) in [6.45, 7) is 4.65. The molecule has 1 N–H and O–H groups in total. The maximum Gasteiger partial charge on any atom is 0.129 e. The van der Waals surface area contributed by atoms with Crippen molar-refractivity contribution in [1.82, 2.24) is 5.32 Å². The monoisotopic (exact) mass is 291 g/mol. The lowest BCUT2D eigenvalue weighted by Gasteiger charge is -2.26. The fourth-order valence-electron chi connectivity index (χ4n) is 2.31. The highest BCUT2D eigenvalue weighted by atomic mass is 19.1. The fourth-order valence-corrected chi connectivity index (χ4v) is 2.31. The standard InChI is InChI=1S/C17H19F2NO/c1-3-20-17(13-7-5-4-6-8-13)12(2)21-16-10-14(18)9-15(19)11-16/h4-12,17,20H,3H2,1-2H3. The number of rotatable bonds is 6. The van der Waals surface area contributed by atoms with Crippen LogP contribution >= 0.6 is 0 Å². The van der Waals surface area contributed by atoms with Gasteiger partial charge in [0.2, 0.25) is 0 Å². The van der Waals surface area contributed by atoms with Gasteiger partial charge in [-0.05, 0) is 19.0 Å². The third-order valence-electron chi connectivity index (χ3n) is 3.21. The first-order valence-corrected chi connectivity index (χ1v) is 7.01. The van der Waals surface area contributed by atoms with Gasteiger partial charge in [-0.2, -0.15) is 0 Å². The lowest BCUT2D eigenvalue weighted by molar-refractivity contribution is 0.170. The van der Waals surface area contributed by atoms with Gasteiger partial charge in [-0.15, -0.1) is 0 Å². The zero-order valence-electron chi connectivity index (χ0n) is 12.1. The van der Waals surface area contributed by atoms with Crippen molar-refractivity contribution in [3.8, 4) is 5.75 Å². The number of hydrogen-bond acceptors (Lipinski definition) is 2. The maximum atomic E-state index is 13.2. The summed E-state index contributed by atoms with van der Waals surface area (Å²) in [6, 6.07) is 13.0. The summed E-state index contributed by atoms with van der Waals surface area (Å²) < 4.78 is 32.1. The minimum Gasteiger partial charge on any atom is -0.489 e. The quantitative estimate of drug-likeness (QED) is 0.865. The fraction of sp³-hybridized carbons (Fsp3) is 0.294. The van der Waals surface area contributed by atoms with Crippen molar-refractivity contribution in [2.75, 3.05) is 6.54 Å². The molecule has 0 amide bonds. The molecule has 0 radical (unpaired) electrons. The van der Waals surface area contributed by atoms with Crippen molar-refractivity contribution >= 4 is 0 Å². The van der Waals surface area contributed by atoms with E-state index in [1.54, 1.807) is 0 Å². The molecule has 0 heterocycles. The highest BCUT2D eigenvalue weighted by molar-refractivity contribution is 5.25. The molecule has 0 spiro atoms. The van der Waals surface area contributed by atoms with Gasteiger partial charge in [-0.25, -0.2) is 8.78 Å². The summed E-state index contributed by atoms with van der Waals surface area (Å²) in [5.41, 5.74) is 1.07. The molecule has 21 heavy (non-hydrogen) atoms. The average molecular weight is 291 g/mol. The average Bonchev–Trinajstić information content (AvgIpc) is 2.44. The van der Waals surface area contributed by atoms with E-state index < -0.39 is 11.6 Å². The summed E-state index contributed by atoms with van der Waals surface area (Å²) in [7, 11) is 0. The molecule has 0 aliphatic heterocycles. The first-order valence-electron chi connectivity index (χ1n) is 7.01. The number of ether oxygens (including phenoxy) is 1. The molecule has 0 saturated heterocycles. The van der Waals surface area contributed by atoms with E-state index in [2.05, 4.69) is 5.32 Å². The van der Waals surface area contributed by atoms with E-state index in [0.29, 0.717) is 0 Å². The third-order valence-corrected chi connectivity index (χ3v) is 3.21. The van der Waals surface area contributed by atoms with Crippen molar-refractivity contribution in [1.29, 1.82) is 0 Å². The lowest BCUT2D eigenvalue weighted by Crippen LogP contribution is -2.33. The second-order valence-corrected chi connectivity index (χ2v) is 4.87. The van der Waals surface area contributed by atoms with Crippen LogP contribution in [0.3, 0.4) is 0 Å². The predicted octanol–water partition coefficient (Wildman–Crippen LogP) is 4.08. The summed E-state index contributed by atoms with van der Waals surface area (Å²) >= 11 is 0. The SMILES string of the molecule is CCNC(c1ccccc1)C(C)Oc1cc(F)cc(F)c1. The second-order valence-electron chi connectivity index (χ2n) is 4.87. The Morgan fingerprint density at radius 1 is 1.05 bits per heavy atom. The molecular formula is C17H19F2NO. The van der Waals surface area contributed by atoms with Gasteiger partial charge in [0, 0.05) is 18.2 Å². The van der Waals surface area contributed by atoms with Gasteiger partial charge in [0.05, 0.1) is 6.04 Å². The summed E-state index contributed by atoms with van der Waals surface area (Å²) in [4.78, 5) is 0. The summed E-state index contributed by atoms with van der Waals surface area (Å²) in [5, 5.41) is 3.34. The molecule has 0 bridgehead atoms. The van der Waals surface area contributed by atoms with Gasteiger partial charge < -0.3 is 10.1 Å². The molecule has 2 aromatic rings. The smallest absolute Gasteiger partial charge is 0.129 e. The predicted molar refractivity (Wildman–Crippen MR) is 79.3 cm³/mol. The van der Waals surface area contributed by atoms with Crippen LogP contribution in [0.2, 0.25) is 0 Å². The Hall–Kier alpha value is -1.94. The molecule has 0 aromatic heterocycles. The molecule has 2 aromatic carbocycles. The molecule has 0 saturated carbocycles. The van der Waals surface area contributed by atoms with Crippen LogP contribution in [0, 0.1) is 11.6 Å². The molecule has 112 valence electrons. The van der Waals surface area contributed by atoms with E-state index in [1.165, 1.54) is 12.1 Å². The van der Waals surface area contributed by atoms with Gasteiger partial charge in [-0.3, -0.25) is 0 Å². The first-order chi connectivity index (χ1) is 10.1. The van der Waals surface area contributed by atoms with Crippen LogP contribution < -0.4 is 10.1 Å². The van der Waals surface area contributed by atoms with Crippen LogP contribution in [0.5, 0.6) is 5.75 Å². The van der Waals surface area contributed by atoms with Crippen molar-refractivity contribution in [2.45, 2.75) is 26.0 Å². The number of benzene rings is 2. The van der Waals surface area contributed by atoms with Crippen LogP contribution in [0.4, 0.5) is 8.78 Å². The Kier molecular flexibility index (Phi) is 5.28. The lowest BCUT2D eigenvalue weighted by atomic mass is 10.0. The Labute approximate surface area is 123 Å². The minimum absolute atomic E-state index is 0.0532. The molecule has 2 unspecified atom stereocenters. The number of nitrogens with one attached hydrogen (secondary N) is 1. The number of halogens is 2. The number of hydrogen-bond donors (Lipinski definition) is 1. The van der Waals surface area contributed by atoms with E-state index in [-0.39, 0.29) is 17.9 Å². The molecular weight excluding hydrogens is 272 g/mol. The van der Waals surface area contributed by atoms with Crippen LogP contribution in [0.1, 0.15) is 25.5 Å². The van der Waals surface area contributed by atoms with Crippen molar-refractivity contribution in [3.05, 3.63) is 65.7 Å². The molecule has 2 nitrogen and oxygen atoms in total. The van der Waals surface area contributed by atoms with Crippen molar-refractivity contribution < 1.29 is 13.5 Å². The second kappa shape index (κ2) is 7.18. The molecule has 0 aliphatic rings. The van der Waals surface area contributed by atoms with Crippen molar-refractivity contribution in [2.24, 2.45) is 0 Å². The van der Waals surface area contributed by atoms with E-state index in [0.717, 1.165) is 18.2 Å². The van der Waals surface area contributed by atoms with Gasteiger partial charge in [-0.1, -0.05) is 37.3 Å². The van der Waals surface area contributed by atoms with Crippen LogP contribution in [-0.2, 0) is 0 Å². The van der Waals surface area contributed by atoms with E-state index >= 15 is 0 Å². The van der Waals surface area contributed by atoms with Crippen LogP contribution in [0.15, 0.2) is 48.5 Å². The molecule has 0 fully saturated rings. The molecule has 2 rings (SSSR count). The molecule has 4 heteroatoms.